The van der Waals surface area contributed by atoms with Crippen LogP contribution in [0.25, 0.3) is 0 Å². The molecule has 0 saturated carbocycles. The maximum atomic E-state index is 12.8. The van der Waals surface area contributed by atoms with Crippen LogP contribution in [-0.2, 0) is 4.79 Å². The number of benzene rings is 1. The van der Waals surface area contributed by atoms with E-state index in [1.54, 1.807) is 24.3 Å². The van der Waals surface area contributed by atoms with Crippen molar-refractivity contribution in [3.63, 3.8) is 0 Å². The number of hydrogen-bond donors (Lipinski definition) is 0. The molecular weight excluding hydrogens is 324 g/mol. The zero-order chi connectivity index (χ0) is 17.1. The second-order valence-corrected chi connectivity index (χ2v) is 7.39. The normalized spacial score (nSPS) is 22.5. The van der Waals surface area contributed by atoms with Gasteiger partial charge in [0.05, 0.1) is 0 Å². The van der Waals surface area contributed by atoms with Crippen LogP contribution in [0.4, 0.5) is 0 Å². The average molecular weight is 349 g/mol. The summed E-state index contributed by atoms with van der Waals surface area (Å²) in [5, 5.41) is 0.631. The molecule has 3 rings (SSSR count). The van der Waals surface area contributed by atoms with Crippen molar-refractivity contribution in [1.82, 2.24) is 9.80 Å². The fraction of sp³-hybridized carbons (Fsp3) is 0.579. The van der Waals surface area contributed by atoms with Gasteiger partial charge in [0.1, 0.15) is 0 Å². The van der Waals surface area contributed by atoms with Crippen LogP contribution in [0.1, 0.15) is 49.4 Å². The highest BCUT2D eigenvalue weighted by molar-refractivity contribution is 6.30. The van der Waals surface area contributed by atoms with E-state index in [1.807, 2.05) is 4.90 Å². The number of carbonyl (C=O) groups excluding carboxylic acids is 2. The summed E-state index contributed by atoms with van der Waals surface area (Å²) >= 11 is 5.87. The van der Waals surface area contributed by atoms with Crippen LogP contribution >= 0.6 is 11.6 Å². The molecule has 1 aromatic carbocycles. The molecule has 4 nitrogen and oxygen atoms in total. The molecule has 0 bridgehead atoms. The van der Waals surface area contributed by atoms with E-state index in [0.29, 0.717) is 35.6 Å². The molecule has 2 fully saturated rings. The molecule has 2 heterocycles. The lowest BCUT2D eigenvalue weighted by Gasteiger charge is -2.38. The Balaban J connectivity index is 1.56. The van der Waals surface area contributed by atoms with Crippen molar-refractivity contribution in [3.05, 3.63) is 34.9 Å². The lowest BCUT2D eigenvalue weighted by Crippen LogP contribution is -2.48. The summed E-state index contributed by atoms with van der Waals surface area (Å²) < 4.78 is 0. The van der Waals surface area contributed by atoms with Crippen molar-refractivity contribution in [1.29, 1.82) is 0 Å². The first-order valence-corrected chi connectivity index (χ1v) is 9.29. The fourth-order valence-electron chi connectivity index (χ4n) is 3.76. The first kappa shape index (κ1) is 17.3. The van der Waals surface area contributed by atoms with E-state index in [-0.39, 0.29) is 11.8 Å². The molecule has 0 spiro atoms. The van der Waals surface area contributed by atoms with E-state index in [0.717, 1.165) is 32.2 Å². The topological polar surface area (TPSA) is 40.6 Å². The van der Waals surface area contributed by atoms with Crippen molar-refractivity contribution in [2.45, 2.75) is 45.1 Å². The molecule has 1 atom stereocenters. The van der Waals surface area contributed by atoms with Crippen LogP contribution in [0, 0.1) is 5.92 Å². The fourth-order valence-corrected chi connectivity index (χ4v) is 3.89. The molecule has 2 aliphatic rings. The smallest absolute Gasteiger partial charge is 0.253 e. The SMILES string of the molecule is C[C@H]1CCCCN1C(=O)C1CCN(C(=O)c2ccc(Cl)cc2)CC1. The maximum Gasteiger partial charge on any atom is 0.253 e. The van der Waals surface area contributed by atoms with Gasteiger partial charge in [-0.2, -0.15) is 0 Å². The highest BCUT2D eigenvalue weighted by atomic mass is 35.5. The Morgan fingerprint density at radius 3 is 2.29 bits per heavy atom. The van der Waals surface area contributed by atoms with Crippen molar-refractivity contribution in [2.24, 2.45) is 5.92 Å². The van der Waals surface area contributed by atoms with Crippen LogP contribution in [0.5, 0.6) is 0 Å². The van der Waals surface area contributed by atoms with Gasteiger partial charge >= 0.3 is 0 Å². The molecule has 0 unspecified atom stereocenters. The Kier molecular flexibility index (Phi) is 5.44. The number of likely N-dealkylation sites (tertiary alicyclic amines) is 2. The van der Waals surface area contributed by atoms with E-state index in [9.17, 15) is 9.59 Å². The standard InChI is InChI=1S/C19H25ClN2O2/c1-14-4-2-3-11-22(14)19(24)16-9-12-21(13-10-16)18(23)15-5-7-17(20)8-6-15/h5-8,14,16H,2-4,9-13H2,1H3/t14-/m0/s1. The minimum Gasteiger partial charge on any atom is -0.340 e. The highest BCUT2D eigenvalue weighted by Crippen LogP contribution is 2.25. The first-order valence-electron chi connectivity index (χ1n) is 8.91. The summed E-state index contributed by atoms with van der Waals surface area (Å²) in [6.07, 6.45) is 4.98. The van der Waals surface area contributed by atoms with Gasteiger partial charge < -0.3 is 9.80 Å². The maximum absolute atomic E-state index is 12.8. The van der Waals surface area contributed by atoms with Gasteiger partial charge in [-0.3, -0.25) is 9.59 Å². The highest BCUT2D eigenvalue weighted by Gasteiger charge is 2.33. The summed E-state index contributed by atoms with van der Waals surface area (Å²) in [4.78, 5) is 29.2. The summed E-state index contributed by atoms with van der Waals surface area (Å²) in [5.74, 6) is 0.393. The van der Waals surface area contributed by atoms with Gasteiger partial charge in [-0.05, 0) is 63.3 Å². The van der Waals surface area contributed by atoms with Gasteiger partial charge in [0.15, 0.2) is 0 Å². The summed E-state index contributed by atoms with van der Waals surface area (Å²) in [7, 11) is 0. The third-order valence-electron chi connectivity index (χ3n) is 5.31. The van der Waals surface area contributed by atoms with Crippen LogP contribution in [0.2, 0.25) is 5.02 Å². The van der Waals surface area contributed by atoms with Crippen LogP contribution in [0.3, 0.4) is 0 Å². The molecule has 0 aliphatic carbocycles. The summed E-state index contributed by atoms with van der Waals surface area (Å²) in [5.41, 5.74) is 0.661. The number of hydrogen-bond acceptors (Lipinski definition) is 2. The van der Waals surface area contributed by atoms with E-state index in [4.69, 9.17) is 11.6 Å². The van der Waals surface area contributed by atoms with Crippen molar-refractivity contribution in [3.8, 4) is 0 Å². The van der Waals surface area contributed by atoms with E-state index >= 15 is 0 Å². The second-order valence-electron chi connectivity index (χ2n) is 6.95. The van der Waals surface area contributed by atoms with Gasteiger partial charge in [0.2, 0.25) is 5.91 Å². The number of rotatable bonds is 2. The Morgan fingerprint density at radius 2 is 1.67 bits per heavy atom. The molecule has 130 valence electrons. The molecule has 0 aromatic heterocycles. The van der Waals surface area contributed by atoms with Crippen molar-refractivity contribution < 1.29 is 9.59 Å². The van der Waals surface area contributed by atoms with Gasteiger partial charge in [-0.25, -0.2) is 0 Å². The predicted octanol–water partition coefficient (Wildman–Crippen LogP) is 3.59. The van der Waals surface area contributed by atoms with Gasteiger partial charge in [-0.15, -0.1) is 0 Å². The third kappa shape index (κ3) is 3.75. The Morgan fingerprint density at radius 1 is 1.00 bits per heavy atom. The van der Waals surface area contributed by atoms with Gasteiger partial charge in [0.25, 0.3) is 5.91 Å². The number of nitrogens with zero attached hydrogens (tertiary/aromatic N) is 2. The third-order valence-corrected chi connectivity index (χ3v) is 5.56. The Labute approximate surface area is 148 Å². The van der Waals surface area contributed by atoms with Crippen LogP contribution < -0.4 is 0 Å². The zero-order valence-corrected chi connectivity index (χ0v) is 15.0. The largest absolute Gasteiger partial charge is 0.340 e. The molecule has 5 heteroatoms. The van der Waals surface area contributed by atoms with E-state index in [1.165, 1.54) is 6.42 Å². The minimum atomic E-state index is 0.0314. The molecule has 2 amide bonds. The lowest BCUT2D eigenvalue weighted by molar-refractivity contribution is -0.140. The number of carbonyl (C=O) groups is 2. The molecule has 2 saturated heterocycles. The summed E-state index contributed by atoms with van der Waals surface area (Å²) in [6.45, 7) is 4.35. The molecule has 1 aromatic rings. The Hall–Kier alpha value is -1.55. The molecular formula is C19H25ClN2O2. The van der Waals surface area contributed by atoms with Crippen molar-refractivity contribution in [2.75, 3.05) is 19.6 Å². The van der Waals surface area contributed by atoms with Gasteiger partial charge in [-0.1, -0.05) is 11.6 Å². The second kappa shape index (κ2) is 7.56. The predicted molar refractivity (Wildman–Crippen MR) is 95.1 cm³/mol. The summed E-state index contributed by atoms with van der Waals surface area (Å²) in [6, 6.07) is 7.36. The molecule has 2 aliphatic heterocycles. The number of halogens is 1. The average Bonchev–Trinajstić information content (AvgIpc) is 2.62. The minimum absolute atomic E-state index is 0.0314. The number of piperidine rings is 2. The quantitative estimate of drug-likeness (QED) is 0.819. The van der Waals surface area contributed by atoms with E-state index < -0.39 is 0 Å². The van der Waals surface area contributed by atoms with Gasteiger partial charge in [0, 0.05) is 42.2 Å². The van der Waals surface area contributed by atoms with Crippen LogP contribution in [-0.4, -0.2) is 47.3 Å². The lowest BCUT2D eigenvalue weighted by atomic mass is 9.92. The van der Waals surface area contributed by atoms with Crippen molar-refractivity contribution >= 4 is 23.4 Å². The molecule has 24 heavy (non-hydrogen) atoms. The van der Waals surface area contributed by atoms with Crippen LogP contribution in [0.15, 0.2) is 24.3 Å². The first-order chi connectivity index (χ1) is 11.6. The number of amides is 2. The molecule has 0 radical (unpaired) electrons. The Bertz CT molecular complexity index is 594. The zero-order valence-electron chi connectivity index (χ0n) is 14.2. The molecule has 0 N–H and O–H groups in total. The van der Waals surface area contributed by atoms with E-state index in [2.05, 4.69) is 11.8 Å². The monoisotopic (exact) mass is 348 g/mol.